The molecule has 2 aromatic rings. The minimum atomic E-state index is -0.621. The molecule has 0 fully saturated rings. The van der Waals surface area contributed by atoms with Crippen molar-refractivity contribution in [3.63, 3.8) is 0 Å². The molecule has 0 aliphatic heterocycles. The van der Waals surface area contributed by atoms with Crippen LogP contribution in [0.5, 0.6) is 0 Å². The predicted octanol–water partition coefficient (Wildman–Crippen LogP) is 2.36. The Morgan fingerprint density at radius 1 is 1.45 bits per heavy atom. The summed E-state index contributed by atoms with van der Waals surface area (Å²) in [6, 6.07) is 3.24. The molecule has 0 bridgehead atoms. The van der Waals surface area contributed by atoms with Gasteiger partial charge in [-0.3, -0.25) is 4.79 Å². The zero-order chi connectivity index (χ0) is 14.7. The number of carbonyl (C=O) groups excluding carboxylic acids is 1. The molecule has 20 heavy (non-hydrogen) atoms. The minimum absolute atomic E-state index is 0.0434. The zero-order valence-corrected chi connectivity index (χ0v) is 11.5. The van der Waals surface area contributed by atoms with Gasteiger partial charge in [-0.2, -0.15) is 0 Å². The molecule has 1 unspecified atom stereocenters. The number of nitrogens with two attached hydrogens (primary N) is 1. The number of nitrogen functional groups attached to an aromatic ring is 1. The number of benzene rings is 1. The van der Waals surface area contributed by atoms with Crippen LogP contribution in [0.1, 0.15) is 23.0 Å². The van der Waals surface area contributed by atoms with Gasteiger partial charge in [0, 0.05) is 17.0 Å². The summed E-state index contributed by atoms with van der Waals surface area (Å²) in [6.07, 6.45) is 0.0594. The Hall–Kier alpha value is -2.02. The quantitative estimate of drug-likeness (QED) is 0.910. The van der Waals surface area contributed by atoms with E-state index in [9.17, 15) is 13.6 Å². The number of nitrogens with one attached hydrogen (secondary N) is 1. The summed E-state index contributed by atoms with van der Waals surface area (Å²) >= 11 is 1.15. The Kier molecular flexibility index (Phi) is 4.29. The number of anilines is 1. The maximum Gasteiger partial charge on any atom is 0.271 e. The Bertz CT molecular complexity index is 610. The standard InChI is InChI=1S/C13H13F2N3OS/c1-7(5-8-9(14)3-2-4-10(8)15)17-12(19)11-6-20-13(16)18-11/h2-4,6-7H,5H2,1H3,(H2,16,18)(H,17,19). The highest BCUT2D eigenvalue weighted by molar-refractivity contribution is 7.13. The van der Waals surface area contributed by atoms with Crippen LogP contribution >= 0.6 is 11.3 Å². The summed E-state index contributed by atoms with van der Waals surface area (Å²) < 4.78 is 27.0. The molecule has 0 aliphatic carbocycles. The Labute approximate surface area is 118 Å². The fourth-order valence-corrected chi connectivity index (χ4v) is 2.32. The highest BCUT2D eigenvalue weighted by Crippen LogP contribution is 2.15. The van der Waals surface area contributed by atoms with E-state index >= 15 is 0 Å². The first kappa shape index (κ1) is 14.4. The second kappa shape index (κ2) is 5.96. The van der Waals surface area contributed by atoms with Gasteiger partial charge in [0.1, 0.15) is 17.3 Å². The highest BCUT2D eigenvalue weighted by Gasteiger charge is 2.16. The second-order valence-corrected chi connectivity index (χ2v) is 5.24. The smallest absolute Gasteiger partial charge is 0.271 e. The number of halogens is 2. The lowest BCUT2D eigenvalue weighted by Gasteiger charge is -2.14. The van der Waals surface area contributed by atoms with Gasteiger partial charge in [0.15, 0.2) is 5.13 Å². The van der Waals surface area contributed by atoms with Gasteiger partial charge in [0.2, 0.25) is 0 Å². The van der Waals surface area contributed by atoms with E-state index in [-0.39, 0.29) is 17.7 Å². The van der Waals surface area contributed by atoms with E-state index in [0.29, 0.717) is 5.13 Å². The molecule has 0 saturated heterocycles. The molecule has 0 aliphatic rings. The molecule has 1 amide bonds. The summed E-state index contributed by atoms with van der Waals surface area (Å²) in [7, 11) is 0. The van der Waals surface area contributed by atoms with E-state index in [2.05, 4.69) is 10.3 Å². The maximum atomic E-state index is 13.5. The van der Waals surface area contributed by atoms with Gasteiger partial charge >= 0.3 is 0 Å². The number of hydrogen-bond acceptors (Lipinski definition) is 4. The molecule has 3 N–H and O–H groups in total. The summed E-state index contributed by atoms with van der Waals surface area (Å²) in [4.78, 5) is 15.7. The molecule has 1 atom stereocenters. The molecule has 1 heterocycles. The van der Waals surface area contributed by atoms with Crippen molar-refractivity contribution in [2.24, 2.45) is 0 Å². The van der Waals surface area contributed by atoms with Crippen molar-refractivity contribution >= 4 is 22.4 Å². The van der Waals surface area contributed by atoms with Gasteiger partial charge in [-0.25, -0.2) is 13.8 Å². The molecule has 0 saturated carbocycles. The minimum Gasteiger partial charge on any atom is -0.375 e. The molecule has 7 heteroatoms. The normalized spacial score (nSPS) is 12.2. The molecule has 2 rings (SSSR count). The van der Waals surface area contributed by atoms with Crippen molar-refractivity contribution in [3.8, 4) is 0 Å². The fraction of sp³-hybridized carbons (Fsp3) is 0.231. The van der Waals surface area contributed by atoms with Gasteiger partial charge in [-0.15, -0.1) is 11.3 Å². The van der Waals surface area contributed by atoms with Crippen molar-refractivity contribution in [1.82, 2.24) is 10.3 Å². The first-order valence-electron chi connectivity index (χ1n) is 5.92. The number of thiazole rings is 1. The van der Waals surface area contributed by atoms with Gasteiger partial charge in [0.25, 0.3) is 5.91 Å². The third-order valence-electron chi connectivity index (χ3n) is 2.70. The lowest BCUT2D eigenvalue weighted by atomic mass is 10.1. The zero-order valence-electron chi connectivity index (χ0n) is 10.7. The van der Waals surface area contributed by atoms with Crippen LogP contribution < -0.4 is 11.1 Å². The van der Waals surface area contributed by atoms with Gasteiger partial charge in [0.05, 0.1) is 0 Å². The summed E-state index contributed by atoms with van der Waals surface area (Å²) in [5, 5.41) is 4.45. The molecular weight excluding hydrogens is 284 g/mol. The van der Waals surface area contributed by atoms with Crippen molar-refractivity contribution in [2.45, 2.75) is 19.4 Å². The predicted molar refractivity (Wildman–Crippen MR) is 73.5 cm³/mol. The van der Waals surface area contributed by atoms with Crippen LogP contribution in [0.25, 0.3) is 0 Å². The van der Waals surface area contributed by atoms with Crippen LogP contribution in [0.4, 0.5) is 13.9 Å². The van der Waals surface area contributed by atoms with Crippen LogP contribution in [-0.2, 0) is 6.42 Å². The molecule has 1 aromatic carbocycles. The molecule has 4 nitrogen and oxygen atoms in total. The lowest BCUT2D eigenvalue weighted by molar-refractivity contribution is 0.0935. The average molecular weight is 297 g/mol. The van der Waals surface area contributed by atoms with E-state index in [4.69, 9.17) is 5.73 Å². The van der Waals surface area contributed by atoms with Crippen LogP contribution in [0, 0.1) is 11.6 Å². The van der Waals surface area contributed by atoms with Crippen molar-refractivity contribution in [2.75, 3.05) is 5.73 Å². The second-order valence-electron chi connectivity index (χ2n) is 4.35. The van der Waals surface area contributed by atoms with Crippen molar-refractivity contribution < 1.29 is 13.6 Å². The van der Waals surface area contributed by atoms with E-state index < -0.39 is 23.6 Å². The van der Waals surface area contributed by atoms with E-state index in [1.807, 2.05) is 0 Å². The maximum absolute atomic E-state index is 13.5. The monoisotopic (exact) mass is 297 g/mol. The molecule has 0 spiro atoms. The molecule has 1 aromatic heterocycles. The van der Waals surface area contributed by atoms with E-state index in [1.54, 1.807) is 6.92 Å². The third-order valence-corrected chi connectivity index (χ3v) is 3.38. The average Bonchev–Trinajstić information content (AvgIpc) is 2.81. The van der Waals surface area contributed by atoms with Crippen LogP contribution in [0.2, 0.25) is 0 Å². The Balaban J connectivity index is 2.02. The number of nitrogens with zero attached hydrogens (tertiary/aromatic N) is 1. The summed E-state index contributed by atoms with van der Waals surface area (Å²) in [5.41, 5.74) is 5.60. The lowest BCUT2D eigenvalue weighted by Crippen LogP contribution is -2.34. The first-order valence-corrected chi connectivity index (χ1v) is 6.80. The Morgan fingerprint density at radius 3 is 2.65 bits per heavy atom. The highest BCUT2D eigenvalue weighted by atomic mass is 32.1. The third kappa shape index (κ3) is 3.30. The van der Waals surface area contributed by atoms with Gasteiger partial charge in [-0.05, 0) is 25.5 Å². The van der Waals surface area contributed by atoms with Crippen molar-refractivity contribution in [3.05, 3.63) is 46.5 Å². The number of hydrogen-bond donors (Lipinski definition) is 2. The fourth-order valence-electron chi connectivity index (χ4n) is 1.77. The first-order chi connectivity index (χ1) is 9.47. The largest absolute Gasteiger partial charge is 0.375 e. The van der Waals surface area contributed by atoms with Gasteiger partial charge < -0.3 is 11.1 Å². The van der Waals surface area contributed by atoms with Crippen LogP contribution in [0.3, 0.4) is 0 Å². The molecular formula is C13H13F2N3OS. The molecule has 0 radical (unpaired) electrons. The number of amides is 1. The summed E-state index contributed by atoms with van der Waals surface area (Å²) in [6.45, 7) is 1.67. The van der Waals surface area contributed by atoms with Crippen LogP contribution in [-0.4, -0.2) is 16.9 Å². The van der Waals surface area contributed by atoms with E-state index in [0.717, 1.165) is 11.3 Å². The van der Waals surface area contributed by atoms with Gasteiger partial charge in [-0.1, -0.05) is 6.07 Å². The Morgan fingerprint density at radius 2 is 2.10 bits per heavy atom. The number of aromatic nitrogens is 1. The molecule has 106 valence electrons. The number of rotatable bonds is 4. The number of carbonyl (C=O) groups is 1. The topological polar surface area (TPSA) is 68.0 Å². The van der Waals surface area contributed by atoms with Crippen molar-refractivity contribution in [1.29, 1.82) is 0 Å². The van der Waals surface area contributed by atoms with E-state index in [1.165, 1.54) is 23.6 Å². The SMILES string of the molecule is CC(Cc1c(F)cccc1F)NC(=O)c1csc(N)n1. The summed E-state index contributed by atoms with van der Waals surface area (Å²) in [5.74, 6) is -1.66. The van der Waals surface area contributed by atoms with Crippen LogP contribution in [0.15, 0.2) is 23.6 Å².